The SMILES string of the molecule is C1=CCC(CN2CCc3ncnc(NCc4ccccn4)c3CC2)CC1. The molecule has 5 heteroatoms. The van der Waals surface area contributed by atoms with Crippen LogP contribution in [0.2, 0.25) is 0 Å². The van der Waals surface area contributed by atoms with Crippen molar-refractivity contribution in [3.8, 4) is 0 Å². The van der Waals surface area contributed by atoms with Crippen molar-refractivity contribution < 1.29 is 0 Å². The van der Waals surface area contributed by atoms with E-state index in [0.717, 1.165) is 43.4 Å². The van der Waals surface area contributed by atoms with Crippen LogP contribution in [0.3, 0.4) is 0 Å². The molecule has 1 N–H and O–H groups in total. The second-order valence-corrected chi connectivity index (χ2v) is 7.27. The monoisotopic (exact) mass is 349 g/mol. The van der Waals surface area contributed by atoms with Gasteiger partial charge in [0.2, 0.25) is 0 Å². The van der Waals surface area contributed by atoms with Crippen molar-refractivity contribution in [3.63, 3.8) is 0 Å². The Morgan fingerprint density at radius 1 is 1.08 bits per heavy atom. The first-order valence-corrected chi connectivity index (χ1v) is 9.72. The van der Waals surface area contributed by atoms with Gasteiger partial charge in [-0.2, -0.15) is 0 Å². The first-order valence-electron chi connectivity index (χ1n) is 9.72. The molecule has 2 aliphatic rings. The Morgan fingerprint density at radius 3 is 2.88 bits per heavy atom. The molecule has 2 aromatic heterocycles. The summed E-state index contributed by atoms with van der Waals surface area (Å²) in [5.74, 6) is 1.79. The van der Waals surface area contributed by atoms with Crippen LogP contribution in [-0.2, 0) is 19.4 Å². The fraction of sp³-hybridized carbons (Fsp3) is 0.476. The van der Waals surface area contributed by atoms with Gasteiger partial charge < -0.3 is 10.2 Å². The van der Waals surface area contributed by atoms with Gasteiger partial charge in [-0.1, -0.05) is 18.2 Å². The van der Waals surface area contributed by atoms with E-state index in [-0.39, 0.29) is 0 Å². The summed E-state index contributed by atoms with van der Waals surface area (Å²) < 4.78 is 0. The van der Waals surface area contributed by atoms with Gasteiger partial charge in [-0.05, 0) is 43.7 Å². The van der Waals surface area contributed by atoms with Gasteiger partial charge in [-0.15, -0.1) is 0 Å². The van der Waals surface area contributed by atoms with Gasteiger partial charge in [0.1, 0.15) is 12.1 Å². The minimum absolute atomic E-state index is 0.697. The zero-order valence-corrected chi connectivity index (χ0v) is 15.3. The summed E-state index contributed by atoms with van der Waals surface area (Å²) in [7, 11) is 0. The normalized spacial score (nSPS) is 20.4. The van der Waals surface area contributed by atoms with Gasteiger partial charge in [-0.3, -0.25) is 4.98 Å². The molecule has 0 spiro atoms. The number of nitrogens with zero attached hydrogens (tertiary/aromatic N) is 4. The molecule has 0 bridgehead atoms. The molecule has 0 fully saturated rings. The molecule has 1 unspecified atom stereocenters. The molecule has 0 saturated carbocycles. The van der Waals surface area contributed by atoms with Crippen LogP contribution >= 0.6 is 0 Å². The Kier molecular flexibility index (Phi) is 5.55. The van der Waals surface area contributed by atoms with Crippen LogP contribution in [0.5, 0.6) is 0 Å². The Bertz CT molecular complexity index is 743. The maximum Gasteiger partial charge on any atom is 0.133 e. The van der Waals surface area contributed by atoms with Gasteiger partial charge in [-0.25, -0.2) is 9.97 Å². The third kappa shape index (κ3) is 4.28. The molecule has 5 nitrogen and oxygen atoms in total. The Morgan fingerprint density at radius 2 is 2.04 bits per heavy atom. The van der Waals surface area contributed by atoms with E-state index >= 15 is 0 Å². The maximum absolute atomic E-state index is 4.57. The number of fused-ring (bicyclic) bond motifs is 1. The summed E-state index contributed by atoms with van der Waals surface area (Å²) >= 11 is 0. The van der Waals surface area contributed by atoms with Crippen molar-refractivity contribution in [3.05, 3.63) is 59.8 Å². The lowest BCUT2D eigenvalue weighted by atomic mass is 9.94. The van der Waals surface area contributed by atoms with E-state index < -0.39 is 0 Å². The molecule has 3 heterocycles. The van der Waals surface area contributed by atoms with Crippen LogP contribution in [-0.4, -0.2) is 39.5 Å². The number of rotatable bonds is 5. The Balaban J connectivity index is 1.40. The number of allylic oxidation sites excluding steroid dienone is 2. The molecule has 2 aromatic rings. The van der Waals surface area contributed by atoms with Crippen LogP contribution in [0.25, 0.3) is 0 Å². The average Bonchev–Trinajstić information content (AvgIpc) is 2.91. The topological polar surface area (TPSA) is 53.9 Å². The highest BCUT2D eigenvalue weighted by Gasteiger charge is 2.21. The predicted octanol–water partition coefficient (Wildman–Crippen LogP) is 3.24. The number of anilines is 1. The van der Waals surface area contributed by atoms with E-state index in [1.165, 1.54) is 37.1 Å². The van der Waals surface area contributed by atoms with E-state index in [9.17, 15) is 0 Å². The van der Waals surface area contributed by atoms with E-state index in [1.807, 2.05) is 24.4 Å². The second-order valence-electron chi connectivity index (χ2n) is 7.27. The van der Waals surface area contributed by atoms with Gasteiger partial charge in [0.25, 0.3) is 0 Å². The summed E-state index contributed by atoms with van der Waals surface area (Å²) in [6.45, 7) is 4.10. The Labute approximate surface area is 155 Å². The van der Waals surface area contributed by atoms with Crippen LogP contribution in [0.4, 0.5) is 5.82 Å². The zero-order valence-electron chi connectivity index (χ0n) is 15.3. The number of hydrogen-bond donors (Lipinski definition) is 1. The van der Waals surface area contributed by atoms with Crippen molar-refractivity contribution in [1.82, 2.24) is 19.9 Å². The lowest BCUT2D eigenvalue weighted by Gasteiger charge is -2.26. The van der Waals surface area contributed by atoms with E-state index in [2.05, 4.69) is 37.3 Å². The Hall–Kier alpha value is -2.27. The van der Waals surface area contributed by atoms with E-state index in [0.29, 0.717) is 6.54 Å². The molecule has 136 valence electrons. The van der Waals surface area contributed by atoms with Gasteiger partial charge in [0.05, 0.1) is 17.9 Å². The standard InChI is InChI=1S/C21H27N5/c1-2-6-17(7-3-1)15-26-12-9-19-20(10-13-26)24-16-25-21(19)23-14-18-8-4-5-11-22-18/h1-2,4-5,8,11,16-17H,3,6-7,9-10,12-15H2,(H,23,24,25). The highest BCUT2D eigenvalue weighted by molar-refractivity contribution is 5.47. The number of nitrogens with one attached hydrogen (secondary N) is 1. The summed E-state index contributed by atoms with van der Waals surface area (Å²) in [6.07, 6.45) is 14.0. The molecule has 4 rings (SSSR count). The first-order chi connectivity index (χ1) is 12.9. The maximum atomic E-state index is 4.57. The zero-order chi connectivity index (χ0) is 17.6. The predicted molar refractivity (Wildman–Crippen MR) is 104 cm³/mol. The fourth-order valence-electron chi connectivity index (χ4n) is 3.97. The van der Waals surface area contributed by atoms with Crippen LogP contribution < -0.4 is 5.32 Å². The van der Waals surface area contributed by atoms with Gasteiger partial charge in [0.15, 0.2) is 0 Å². The molecule has 0 amide bonds. The van der Waals surface area contributed by atoms with Gasteiger partial charge in [0, 0.05) is 37.8 Å². The summed E-state index contributed by atoms with van der Waals surface area (Å²) in [5, 5.41) is 3.47. The quantitative estimate of drug-likeness (QED) is 0.840. The van der Waals surface area contributed by atoms with Crippen molar-refractivity contribution >= 4 is 5.82 Å². The number of hydrogen-bond acceptors (Lipinski definition) is 5. The first kappa shape index (κ1) is 17.2. The molecule has 0 aromatic carbocycles. The van der Waals surface area contributed by atoms with Crippen LogP contribution in [0, 0.1) is 5.92 Å². The lowest BCUT2D eigenvalue weighted by molar-refractivity contribution is 0.231. The molecule has 26 heavy (non-hydrogen) atoms. The van der Waals surface area contributed by atoms with Crippen molar-refractivity contribution in [2.45, 2.75) is 38.6 Å². The van der Waals surface area contributed by atoms with E-state index in [1.54, 1.807) is 6.33 Å². The van der Waals surface area contributed by atoms with Crippen molar-refractivity contribution in [2.24, 2.45) is 5.92 Å². The highest BCUT2D eigenvalue weighted by Crippen LogP contribution is 2.24. The number of aromatic nitrogens is 3. The van der Waals surface area contributed by atoms with Crippen molar-refractivity contribution in [1.29, 1.82) is 0 Å². The summed E-state index contributed by atoms with van der Waals surface area (Å²) in [4.78, 5) is 16.1. The highest BCUT2D eigenvalue weighted by atomic mass is 15.1. The molecule has 0 radical (unpaired) electrons. The molecule has 0 saturated heterocycles. The fourth-order valence-corrected chi connectivity index (χ4v) is 3.97. The summed E-state index contributed by atoms with van der Waals surface area (Å²) in [6, 6.07) is 5.99. The minimum atomic E-state index is 0.697. The van der Waals surface area contributed by atoms with Crippen molar-refractivity contribution in [2.75, 3.05) is 25.0 Å². The van der Waals surface area contributed by atoms with Crippen LogP contribution in [0.1, 0.15) is 36.2 Å². The average molecular weight is 349 g/mol. The number of pyridine rings is 1. The minimum Gasteiger partial charge on any atom is -0.364 e. The molecular formula is C21H27N5. The lowest BCUT2D eigenvalue weighted by Crippen LogP contribution is -2.32. The third-order valence-corrected chi connectivity index (χ3v) is 5.43. The molecule has 1 atom stereocenters. The van der Waals surface area contributed by atoms with Crippen LogP contribution in [0.15, 0.2) is 42.9 Å². The van der Waals surface area contributed by atoms with E-state index in [4.69, 9.17) is 0 Å². The smallest absolute Gasteiger partial charge is 0.133 e. The molecule has 1 aliphatic carbocycles. The molecule has 1 aliphatic heterocycles. The largest absolute Gasteiger partial charge is 0.364 e. The second kappa shape index (κ2) is 8.41. The molecular weight excluding hydrogens is 322 g/mol. The summed E-state index contributed by atoms with van der Waals surface area (Å²) in [5.41, 5.74) is 3.52. The third-order valence-electron chi connectivity index (χ3n) is 5.43. The van der Waals surface area contributed by atoms with Gasteiger partial charge >= 0.3 is 0 Å².